The average Bonchev–Trinajstić information content (AvgIpc) is 2.27. The predicted octanol–water partition coefficient (Wildman–Crippen LogP) is 2.98. The summed E-state index contributed by atoms with van der Waals surface area (Å²) in [6, 6.07) is 7.50. The van der Waals surface area contributed by atoms with Gasteiger partial charge in [-0.2, -0.15) is 0 Å². The highest BCUT2D eigenvalue weighted by Gasteiger charge is 2.13. The van der Waals surface area contributed by atoms with Crippen LogP contribution in [0.2, 0.25) is 0 Å². The van der Waals surface area contributed by atoms with Crippen molar-refractivity contribution in [2.24, 2.45) is 0 Å². The molecule has 0 aliphatic heterocycles. The van der Waals surface area contributed by atoms with E-state index >= 15 is 0 Å². The van der Waals surface area contributed by atoms with Gasteiger partial charge in [0.25, 0.3) is 0 Å². The van der Waals surface area contributed by atoms with Crippen molar-refractivity contribution in [2.75, 3.05) is 0 Å². The standard InChI is InChI=1S/C12H10ClNO2/c1-8(13)16-12(15)11-7-14-6-9-4-2-3-5-10(9)11/h2-8H,1H3. The van der Waals surface area contributed by atoms with Gasteiger partial charge in [-0.1, -0.05) is 35.9 Å². The van der Waals surface area contributed by atoms with Gasteiger partial charge >= 0.3 is 5.97 Å². The van der Waals surface area contributed by atoms with E-state index in [4.69, 9.17) is 16.3 Å². The van der Waals surface area contributed by atoms with Crippen LogP contribution >= 0.6 is 11.6 Å². The smallest absolute Gasteiger partial charge is 0.341 e. The minimum atomic E-state index is -0.647. The fourth-order valence-corrected chi connectivity index (χ4v) is 1.57. The maximum Gasteiger partial charge on any atom is 0.341 e. The quantitative estimate of drug-likeness (QED) is 0.593. The molecule has 1 atom stereocenters. The topological polar surface area (TPSA) is 39.2 Å². The van der Waals surface area contributed by atoms with Gasteiger partial charge in [0.1, 0.15) is 0 Å². The van der Waals surface area contributed by atoms with E-state index in [1.807, 2.05) is 24.3 Å². The van der Waals surface area contributed by atoms with Gasteiger partial charge in [-0.05, 0) is 12.3 Å². The molecule has 2 aromatic rings. The molecule has 0 N–H and O–H groups in total. The highest BCUT2D eigenvalue weighted by molar-refractivity contribution is 6.20. The molecule has 0 aliphatic rings. The van der Waals surface area contributed by atoms with Crippen molar-refractivity contribution in [2.45, 2.75) is 12.5 Å². The van der Waals surface area contributed by atoms with Crippen molar-refractivity contribution in [3.05, 3.63) is 42.2 Å². The van der Waals surface area contributed by atoms with Gasteiger partial charge in [-0.3, -0.25) is 4.98 Å². The molecular weight excluding hydrogens is 226 g/mol. The van der Waals surface area contributed by atoms with Crippen molar-refractivity contribution in [1.29, 1.82) is 0 Å². The molecule has 4 heteroatoms. The van der Waals surface area contributed by atoms with Crippen molar-refractivity contribution in [1.82, 2.24) is 4.98 Å². The Morgan fingerprint density at radius 2 is 2.12 bits per heavy atom. The molecule has 1 unspecified atom stereocenters. The van der Waals surface area contributed by atoms with Crippen LogP contribution in [-0.4, -0.2) is 16.5 Å². The Labute approximate surface area is 98.0 Å². The normalized spacial score (nSPS) is 12.4. The molecule has 1 aromatic heterocycles. The van der Waals surface area contributed by atoms with Gasteiger partial charge < -0.3 is 4.74 Å². The highest BCUT2D eigenvalue weighted by atomic mass is 35.5. The SMILES string of the molecule is CC(Cl)OC(=O)c1cncc2ccccc12. The lowest BCUT2D eigenvalue weighted by Crippen LogP contribution is -2.10. The molecule has 0 amide bonds. The number of aromatic nitrogens is 1. The molecule has 0 bridgehead atoms. The second-order valence-corrected chi connectivity index (χ2v) is 3.97. The van der Waals surface area contributed by atoms with Gasteiger partial charge in [0, 0.05) is 17.8 Å². The number of hydrogen-bond acceptors (Lipinski definition) is 3. The minimum absolute atomic E-state index is 0.436. The first-order valence-corrected chi connectivity index (χ1v) is 5.30. The Morgan fingerprint density at radius 3 is 2.88 bits per heavy atom. The number of carbonyl (C=O) groups excluding carboxylic acids is 1. The average molecular weight is 236 g/mol. The zero-order valence-electron chi connectivity index (χ0n) is 8.68. The Morgan fingerprint density at radius 1 is 1.38 bits per heavy atom. The summed E-state index contributed by atoms with van der Waals surface area (Å²) in [6.45, 7) is 1.60. The van der Waals surface area contributed by atoms with Crippen LogP contribution in [0, 0.1) is 0 Å². The van der Waals surface area contributed by atoms with Crippen LogP contribution in [0.15, 0.2) is 36.7 Å². The maximum absolute atomic E-state index is 11.7. The van der Waals surface area contributed by atoms with Gasteiger partial charge in [-0.15, -0.1) is 0 Å². The molecule has 1 heterocycles. The van der Waals surface area contributed by atoms with Crippen LogP contribution in [0.5, 0.6) is 0 Å². The maximum atomic E-state index is 11.7. The third kappa shape index (κ3) is 2.14. The number of pyridine rings is 1. The number of rotatable bonds is 2. The number of fused-ring (bicyclic) bond motifs is 1. The Bertz CT molecular complexity index is 520. The summed E-state index contributed by atoms with van der Waals surface area (Å²) in [5, 5.41) is 1.72. The molecular formula is C12H10ClNO2. The van der Waals surface area contributed by atoms with Gasteiger partial charge in [0.15, 0.2) is 5.56 Å². The summed E-state index contributed by atoms with van der Waals surface area (Å²) in [6.07, 6.45) is 3.19. The molecule has 2 rings (SSSR count). The number of carbonyl (C=O) groups is 1. The predicted molar refractivity (Wildman–Crippen MR) is 62.5 cm³/mol. The second kappa shape index (κ2) is 4.49. The number of nitrogens with zero attached hydrogens (tertiary/aromatic N) is 1. The van der Waals surface area contributed by atoms with Crippen LogP contribution in [-0.2, 0) is 4.74 Å². The van der Waals surface area contributed by atoms with Crippen LogP contribution in [0.3, 0.4) is 0 Å². The molecule has 0 spiro atoms. The van der Waals surface area contributed by atoms with E-state index in [9.17, 15) is 4.79 Å². The summed E-state index contributed by atoms with van der Waals surface area (Å²) in [7, 11) is 0. The Balaban J connectivity index is 2.48. The number of benzene rings is 1. The highest BCUT2D eigenvalue weighted by Crippen LogP contribution is 2.18. The molecule has 0 radical (unpaired) electrons. The molecule has 0 fully saturated rings. The van der Waals surface area contributed by atoms with Crippen molar-refractivity contribution in [3.8, 4) is 0 Å². The van der Waals surface area contributed by atoms with E-state index in [2.05, 4.69) is 4.98 Å². The number of alkyl halides is 1. The molecule has 16 heavy (non-hydrogen) atoms. The Kier molecular flexibility index (Phi) is 3.06. The Hall–Kier alpha value is -1.61. The monoisotopic (exact) mass is 235 g/mol. The number of hydrogen-bond donors (Lipinski definition) is 0. The third-order valence-electron chi connectivity index (χ3n) is 2.16. The fourth-order valence-electron chi connectivity index (χ4n) is 1.49. The van der Waals surface area contributed by atoms with Gasteiger partial charge in [-0.25, -0.2) is 4.79 Å². The molecule has 82 valence electrons. The van der Waals surface area contributed by atoms with Crippen molar-refractivity contribution in [3.63, 3.8) is 0 Å². The van der Waals surface area contributed by atoms with Crippen LogP contribution < -0.4 is 0 Å². The molecule has 3 nitrogen and oxygen atoms in total. The lowest BCUT2D eigenvalue weighted by atomic mass is 10.1. The van der Waals surface area contributed by atoms with E-state index in [0.717, 1.165) is 10.8 Å². The van der Waals surface area contributed by atoms with E-state index in [1.54, 1.807) is 13.1 Å². The van der Waals surface area contributed by atoms with Gasteiger partial charge in [0.2, 0.25) is 0 Å². The van der Waals surface area contributed by atoms with Crippen molar-refractivity contribution >= 4 is 28.3 Å². The number of esters is 1. The van der Waals surface area contributed by atoms with E-state index < -0.39 is 11.5 Å². The lowest BCUT2D eigenvalue weighted by molar-refractivity contribution is 0.0474. The number of ether oxygens (including phenoxy) is 1. The summed E-state index contributed by atoms with van der Waals surface area (Å²) < 4.78 is 4.93. The summed E-state index contributed by atoms with van der Waals surface area (Å²) in [5.41, 5.74) is -0.211. The first-order valence-electron chi connectivity index (χ1n) is 4.86. The molecule has 0 aliphatic carbocycles. The fraction of sp³-hybridized carbons (Fsp3) is 0.167. The largest absolute Gasteiger partial charge is 0.443 e. The zero-order chi connectivity index (χ0) is 11.5. The van der Waals surface area contributed by atoms with Crippen LogP contribution in [0.4, 0.5) is 0 Å². The summed E-state index contributed by atoms with van der Waals surface area (Å²) in [5.74, 6) is -0.452. The summed E-state index contributed by atoms with van der Waals surface area (Å²) in [4.78, 5) is 15.7. The molecule has 0 saturated heterocycles. The molecule has 0 saturated carbocycles. The van der Waals surface area contributed by atoms with E-state index in [1.165, 1.54) is 6.20 Å². The van der Waals surface area contributed by atoms with Crippen molar-refractivity contribution < 1.29 is 9.53 Å². The molecule has 1 aromatic carbocycles. The first kappa shape index (κ1) is 10.9. The zero-order valence-corrected chi connectivity index (χ0v) is 9.44. The van der Waals surface area contributed by atoms with Gasteiger partial charge in [0.05, 0.1) is 5.56 Å². The second-order valence-electron chi connectivity index (χ2n) is 3.36. The lowest BCUT2D eigenvalue weighted by Gasteiger charge is -2.07. The van der Waals surface area contributed by atoms with Crippen LogP contribution in [0.25, 0.3) is 10.8 Å². The third-order valence-corrected chi connectivity index (χ3v) is 2.25. The number of halogens is 1. The minimum Gasteiger partial charge on any atom is -0.443 e. The van der Waals surface area contributed by atoms with Crippen LogP contribution in [0.1, 0.15) is 17.3 Å². The van der Waals surface area contributed by atoms with E-state index in [0.29, 0.717) is 5.56 Å². The first-order chi connectivity index (χ1) is 7.68. The van der Waals surface area contributed by atoms with E-state index in [-0.39, 0.29) is 0 Å². The summed E-state index contributed by atoms with van der Waals surface area (Å²) >= 11 is 5.61.